The van der Waals surface area contributed by atoms with Crippen molar-refractivity contribution < 1.29 is 9.53 Å². The number of ether oxygens (including phenoxy) is 1. The van der Waals surface area contributed by atoms with Gasteiger partial charge in [-0.2, -0.15) is 0 Å². The van der Waals surface area contributed by atoms with E-state index in [1.807, 2.05) is 24.1 Å². The van der Waals surface area contributed by atoms with Crippen LogP contribution in [0.5, 0.6) is 0 Å². The zero-order valence-electron chi connectivity index (χ0n) is 10.4. The number of anilines is 1. The van der Waals surface area contributed by atoms with Crippen LogP contribution in [0.2, 0.25) is 0 Å². The van der Waals surface area contributed by atoms with Crippen molar-refractivity contribution in [3.05, 3.63) is 29.3 Å². The smallest absolute Gasteiger partial charge is 0.267 e. The van der Waals surface area contributed by atoms with Crippen LogP contribution in [0.25, 0.3) is 0 Å². The van der Waals surface area contributed by atoms with Gasteiger partial charge < -0.3 is 10.2 Å². The van der Waals surface area contributed by atoms with E-state index in [1.54, 1.807) is 6.07 Å². The Labute approximate surface area is 106 Å². The van der Waals surface area contributed by atoms with Gasteiger partial charge >= 0.3 is 0 Å². The lowest BCUT2D eigenvalue weighted by Gasteiger charge is -2.27. The molecule has 0 bridgehead atoms. The summed E-state index contributed by atoms with van der Waals surface area (Å²) >= 11 is 0. The van der Waals surface area contributed by atoms with Gasteiger partial charge in [-0.05, 0) is 19.1 Å². The van der Waals surface area contributed by atoms with E-state index in [0.717, 1.165) is 5.56 Å². The fourth-order valence-corrected chi connectivity index (χ4v) is 1.85. The second kappa shape index (κ2) is 5.81. The number of nitrogens with zero attached hydrogens (tertiary/aromatic N) is 1. The SMILES string of the molecule is Cc1ccc(NN)c(C(=O)NN2CCOCC2)c1. The molecule has 1 aromatic rings. The highest BCUT2D eigenvalue weighted by Crippen LogP contribution is 2.16. The van der Waals surface area contributed by atoms with Crippen LogP contribution < -0.4 is 16.7 Å². The zero-order valence-corrected chi connectivity index (χ0v) is 10.4. The van der Waals surface area contributed by atoms with E-state index in [9.17, 15) is 4.79 Å². The van der Waals surface area contributed by atoms with Crippen molar-refractivity contribution in [3.63, 3.8) is 0 Å². The van der Waals surface area contributed by atoms with Gasteiger partial charge in [-0.1, -0.05) is 11.6 Å². The quantitative estimate of drug-likeness (QED) is 0.529. The van der Waals surface area contributed by atoms with Crippen molar-refractivity contribution in [1.82, 2.24) is 10.4 Å². The van der Waals surface area contributed by atoms with Gasteiger partial charge in [-0.15, -0.1) is 0 Å². The van der Waals surface area contributed by atoms with E-state index in [2.05, 4.69) is 10.9 Å². The number of carbonyl (C=O) groups is 1. The Morgan fingerprint density at radius 2 is 2.11 bits per heavy atom. The molecule has 6 nitrogen and oxygen atoms in total. The van der Waals surface area contributed by atoms with Crippen LogP contribution in [-0.4, -0.2) is 37.2 Å². The Hall–Kier alpha value is -1.63. The molecule has 1 heterocycles. The lowest BCUT2D eigenvalue weighted by molar-refractivity contribution is 0.0126. The lowest BCUT2D eigenvalue weighted by Crippen LogP contribution is -2.48. The second-order valence-electron chi connectivity index (χ2n) is 4.23. The number of rotatable bonds is 3. The first-order chi connectivity index (χ1) is 8.70. The van der Waals surface area contributed by atoms with E-state index >= 15 is 0 Å². The summed E-state index contributed by atoms with van der Waals surface area (Å²) in [5, 5.41) is 1.86. The van der Waals surface area contributed by atoms with Crippen molar-refractivity contribution in [2.45, 2.75) is 6.92 Å². The average Bonchev–Trinajstić information content (AvgIpc) is 2.40. The molecule has 0 saturated carbocycles. The molecule has 1 amide bonds. The third-order valence-corrected chi connectivity index (χ3v) is 2.85. The standard InChI is InChI=1S/C12H18N4O2/c1-9-2-3-11(14-13)10(8-9)12(17)15-16-4-6-18-7-5-16/h2-3,8,14H,4-7,13H2,1H3,(H,15,17). The molecule has 0 unspecified atom stereocenters. The molecular weight excluding hydrogens is 232 g/mol. The van der Waals surface area contributed by atoms with E-state index in [1.165, 1.54) is 0 Å². The van der Waals surface area contributed by atoms with Gasteiger partial charge in [0.1, 0.15) is 0 Å². The van der Waals surface area contributed by atoms with Crippen molar-refractivity contribution in [1.29, 1.82) is 0 Å². The summed E-state index contributed by atoms with van der Waals surface area (Å²) < 4.78 is 5.23. The first-order valence-corrected chi connectivity index (χ1v) is 5.91. The van der Waals surface area contributed by atoms with Crippen LogP contribution in [0.4, 0.5) is 5.69 Å². The Morgan fingerprint density at radius 1 is 1.39 bits per heavy atom. The molecule has 2 rings (SSSR count). The van der Waals surface area contributed by atoms with Crippen LogP contribution in [0.15, 0.2) is 18.2 Å². The Kier molecular flexibility index (Phi) is 4.14. The van der Waals surface area contributed by atoms with E-state index in [-0.39, 0.29) is 5.91 Å². The van der Waals surface area contributed by atoms with Crippen LogP contribution >= 0.6 is 0 Å². The molecule has 98 valence electrons. The number of hydrogen-bond acceptors (Lipinski definition) is 5. The fraction of sp³-hybridized carbons (Fsp3) is 0.417. The average molecular weight is 250 g/mol. The summed E-state index contributed by atoms with van der Waals surface area (Å²) in [5.74, 6) is 5.25. The molecule has 1 saturated heterocycles. The molecule has 1 aliphatic rings. The van der Waals surface area contributed by atoms with Crippen molar-refractivity contribution in [3.8, 4) is 0 Å². The van der Waals surface area contributed by atoms with E-state index in [0.29, 0.717) is 37.6 Å². The number of amides is 1. The summed E-state index contributed by atoms with van der Waals surface area (Å²) in [4.78, 5) is 12.2. The largest absolute Gasteiger partial charge is 0.379 e. The Morgan fingerprint density at radius 3 is 2.78 bits per heavy atom. The molecular formula is C12H18N4O2. The molecule has 1 aromatic carbocycles. The summed E-state index contributed by atoms with van der Waals surface area (Å²) in [5.41, 5.74) is 7.57. The molecule has 0 radical (unpaired) electrons. The second-order valence-corrected chi connectivity index (χ2v) is 4.23. The molecule has 1 aliphatic heterocycles. The molecule has 4 N–H and O–H groups in total. The highest BCUT2D eigenvalue weighted by atomic mass is 16.5. The highest BCUT2D eigenvalue weighted by Gasteiger charge is 2.16. The number of hydrazine groups is 2. The van der Waals surface area contributed by atoms with Gasteiger partial charge in [0, 0.05) is 13.1 Å². The molecule has 0 spiro atoms. The Bertz CT molecular complexity index is 430. The minimum atomic E-state index is -0.159. The minimum Gasteiger partial charge on any atom is -0.379 e. The summed E-state index contributed by atoms with van der Waals surface area (Å²) in [7, 11) is 0. The topological polar surface area (TPSA) is 79.6 Å². The third-order valence-electron chi connectivity index (χ3n) is 2.85. The summed E-state index contributed by atoms with van der Waals surface area (Å²) in [6, 6.07) is 5.51. The maximum Gasteiger partial charge on any atom is 0.267 e. The highest BCUT2D eigenvalue weighted by molar-refractivity contribution is 5.99. The van der Waals surface area contributed by atoms with Crippen LogP contribution in [0, 0.1) is 6.92 Å². The van der Waals surface area contributed by atoms with Gasteiger partial charge in [0.05, 0.1) is 24.5 Å². The van der Waals surface area contributed by atoms with Gasteiger partial charge in [0.15, 0.2) is 0 Å². The first-order valence-electron chi connectivity index (χ1n) is 5.91. The van der Waals surface area contributed by atoms with Crippen molar-refractivity contribution in [2.24, 2.45) is 5.84 Å². The van der Waals surface area contributed by atoms with E-state index < -0.39 is 0 Å². The monoisotopic (exact) mass is 250 g/mol. The molecule has 1 fully saturated rings. The molecule has 0 aliphatic carbocycles. The third kappa shape index (κ3) is 2.98. The molecule has 18 heavy (non-hydrogen) atoms. The number of nitrogen functional groups attached to an aromatic ring is 1. The number of morpholine rings is 1. The molecule has 0 atom stereocenters. The number of nitrogens with two attached hydrogens (primary N) is 1. The van der Waals surface area contributed by atoms with Gasteiger partial charge in [0.2, 0.25) is 0 Å². The predicted octanol–water partition coefficient (Wildman–Crippen LogP) is 0.258. The number of aryl methyl sites for hydroxylation is 1. The minimum absolute atomic E-state index is 0.159. The molecule has 6 heteroatoms. The van der Waals surface area contributed by atoms with Gasteiger partial charge in [0.25, 0.3) is 5.91 Å². The van der Waals surface area contributed by atoms with Crippen LogP contribution in [0.3, 0.4) is 0 Å². The lowest BCUT2D eigenvalue weighted by atomic mass is 10.1. The van der Waals surface area contributed by atoms with Crippen molar-refractivity contribution >= 4 is 11.6 Å². The van der Waals surface area contributed by atoms with Gasteiger partial charge in [-0.3, -0.25) is 16.1 Å². The summed E-state index contributed by atoms with van der Waals surface area (Å²) in [6.45, 7) is 4.60. The predicted molar refractivity (Wildman–Crippen MR) is 68.8 cm³/mol. The van der Waals surface area contributed by atoms with E-state index in [4.69, 9.17) is 10.6 Å². The molecule has 0 aromatic heterocycles. The van der Waals surface area contributed by atoms with Crippen molar-refractivity contribution in [2.75, 3.05) is 31.7 Å². The number of nitrogens with one attached hydrogen (secondary N) is 2. The normalized spacial score (nSPS) is 16.3. The maximum absolute atomic E-state index is 12.2. The number of benzene rings is 1. The van der Waals surface area contributed by atoms with Gasteiger partial charge in [-0.25, -0.2) is 5.01 Å². The summed E-state index contributed by atoms with van der Waals surface area (Å²) in [6.07, 6.45) is 0. The Balaban J connectivity index is 2.09. The maximum atomic E-state index is 12.2. The number of hydrogen-bond donors (Lipinski definition) is 3. The fourth-order valence-electron chi connectivity index (χ4n) is 1.85. The number of carbonyl (C=O) groups excluding carboxylic acids is 1. The van der Waals surface area contributed by atoms with Crippen LogP contribution in [-0.2, 0) is 4.74 Å². The first kappa shape index (κ1) is 12.8. The zero-order chi connectivity index (χ0) is 13.0. The van der Waals surface area contributed by atoms with Crippen LogP contribution in [0.1, 0.15) is 15.9 Å².